The number of hydrogen-bond acceptors (Lipinski definition) is 3. The molecule has 3 N–H and O–H groups in total. The van der Waals surface area contributed by atoms with E-state index in [0.29, 0.717) is 25.4 Å². The first-order valence-corrected chi connectivity index (χ1v) is 7.20. The van der Waals surface area contributed by atoms with Crippen molar-refractivity contribution in [2.24, 2.45) is 17.1 Å². The van der Waals surface area contributed by atoms with Crippen molar-refractivity contribution in [3.05, 3.63) is 0 Å². The van der Waals surface area contributed by atoms with Gasteiger partial charge in [0.1, 0.15) is 0 Å². The standard InChI is InChI=1S/C14H26N2O3/c1-3-14(4-2,10-15)13(19)16-8-7-11(9-16)5-6-12(17)18/h11H,3-10,15H2,1-2H3,(H,17,18). The summed E-state index contributed by atoms with van der Waals surface area (Å²) in [5, 5.41) is 8.70. The normalized spacial score (nSPS) is 19.7. The van der Waals surface area contributed by atoms with Crippen LogP contribution in [0.3, 0.4) is 0 Å². The number of rotatable bonds is 7. The summed E-state index contributed by atoms with van der Waals surface area (Å²) in [5.41, 5.74) is 5.38. The predicted octanol–water partition coefficient (Wildman–Crippen LogP) is 1.46. The molecular weight excluding hydrogens is 244 g/mol. The van der Waals surface area contributed by atoms with Gasteiger partial charge in [0.2, 0.25) is 5.91 Å². The van der Waals surface area contributed by atoms with Gasteiger partial charge in [0, 0.05) is 26.1 Å². The average molecular weight is 270 g/mol. The van der Waals surface area contributed by atoms with E-state index in [9.17, 15) is 9.59 Å². The van der Waals surface area contributed by atoms with E-state index in [1.54, 1.807) is 0 Å². The van der Waals surface area contributed by atoms with Crippen LogP contribution in [0.2, 0.25) is 0 Å². The molecule has 5 nitrogen and oxygen atoms in total. The topological polar surface area (TPSA) is 83.6 Å². The lowest BCUT2D eigenvalue weighted by molar-refractivity contribution is -0.141. The molecule has 0 aromatic heterocycles. The third-order valence-electron chi connectivity index (χ3n) is 4.54. The van der Waals surface area contributed by atoms with E-state index < -0.39 is 11.4 Å². The molecule has 0 bridgehead atoms. The largest absolute Gasteiger partial charge is 0.481 e. The van der Waals surface area contributed by atoms with Gasteiger partial charge in [-0.3, -0.25) is 9.59 Å². The fourth-order valence-electron chi connectivity index (χ4n) is 2.84. The molecule has 1 unspecified atom stereocenters. The van der Waals surface area contributed by atoms with E-state index in [-0.39, 0.29) is 12.3 Å². The van der Waals surface area contributed by atoms with Crippen LogP contribution in [-0.4, -0.2) is 41.5 Å². The molecule has 1 amide bonds. The minimum atomic E-state index is -0.761. The number of nitrogens with zero attached hydrogens (tertiary/aromatic N) is 1. The lowest BCUT2D eigenvalue weighted by atomic mass is 9.81. The minimum absolute atomic E-state index is 0.151. The number of carboxylic acid groups (broad SMARTS) is 1. The quantitative estimate of drug-likeness (QED) is 0.733. The Morgan fingerprint density at radius 3 is 2.47 bits per heavy atom. The second-order valence-electron chi connectivity index (χ2n) is 5.53. The molecule has 1 aliphatic heterocycles. The Bertz CT molecular complexity index is 318. The summed E-state index contributed by atoms with van der Waals surface area (Å²) < 4.78 is 0. The smallest absolute Gasteiger partial charge is 0.303 e. The van der Waals surface area contributed by atoms with Gasteiger partial charge in [-0.25, -0.2) is 0 Å². The Balaban J connectivity index is 2.58. The summed E-state index contributed by atoms with van der Waals surface area (Å²) in [6.07, 6.45) is 3.28. The van der Waals surface area contributed by atoms with Crippen LogP contribution in [0.15, 0.2) is 0 Å². The fourth-order valence-corrected chi connectivity index (χ4v) is 2.84. The van der Waals surface area contributed by atoms with E-state index in [0.717, 1.165) is 25.8 Å². The van der Waals surface area contributed by atoms with E-state index in [2.05, 4.69) is 0 Å². The third-order valence-corrected chi connectivity index (χ3v) is 4.54. The Morgan fingerprint density at radius 1 is 1.37 bits per heavy atom. The predicted molar refractivity (Wildman–Crippen MR) is 73.6 cm³/mol. The number of nitrogens with two attached hydrogens (primary N) is 1. The lowest BCUT2D eigenvalue weighted by Crippen LogP contribution is -2.46. The van der Waals surface area contributed by atoms with Gasteiger partial charge < -0.3 is 15.7 Å². The van der Waals surface area contributed by atoms with Gasteiger partial charge in [-0.05, 0) is 31.6 Å². The summed E-state index contributed by atoms with van der Waals surface area (Å²) in [4.78, 5) is 25.0. The number of amides is 1. The highest BCUT2D eigenvalue weighted by molar-refractivity contribution is 5.83. The Hall–Kier alpha value is -1.10. The van der Waals surface area contributed by atoms with Gasteiger partial charge in [-0.2, -0.15) is 0 Å². The molecule has 0 saturated carbocycles. The van der Waals surface area contributed by atoms with Crippen LogP contribution in [0.4, 0.5) is 0 Å². The fraction of sp³-hybridized carbons (Fsp3) is 0.857. The van der Waals surface area contributed by atoms with Gasteiger partial charge in [-0.15, -0.1) is 0 Å². The van der Waals surface area contributed by atoms with Crippen LogP contribution in [0.25, 0.3) is 0 Å². The molecule has 19 heavy (non-hydrogen) atoms. The number of carbonyl (C=O) groups is 2. The van der Waals surface area contributed by atoms with Crippen LogP contribution in [0.1, 0.15) is 46.0 Å². The maximum Gasteiger partial charge on any atom is 0.303 e. The second-order valence-corrected chi connectivity index (χ2v) is 5.53. The zero-order valence-electron chi connectivity index (χ0n) is 12.0. The molecule has 0 radical (unpaired) electrons. The number of hydrogen-bond donors (Lipinski definition) is 2. The highest BCUT2D eigenvalue weighted by Crippen LogP contribution is 2.31. The van der Waals surface area contributed by atoms with E-state index in [1.807, 2.05) is 18.7 Å². The van der Waals surface area contributed by atoms with Crippen molar-refractivity contribution < 1.29 is 14.7 Å². The molecule has 1 saturated heterocycles. The first kappa shape index (κ1) is 16.0. The average Bonchev–Trinajstić information content (AvgIpc) is 2.87. The molecule has 110 valence electrons. The first-order chi connectivity index (χ1) is 8.99. The lowest BCUT2D eigenvalue weighted by Gasteiger charge is -2.33. The van der Waals surface area contributed by atoms with Crippen molar-refractivity contribution in [1.82, 2.24) is 4.90 Å². The van der Waals surface area contributed by atoms with E-state index >= 15 is 0 Å². The monoisotopic (exact) mass is 270 g/mol. The summed E-state index contributed by atoms with van der Waals surface area (Å²) in [5.74, 6) is -0.287. The van der Waals surface area contributed by atoms with Crippen LogP contribution >= 0.6 is 0 Å². The molecule has 1 aliphatic rings. The van der Waals surface area contributed by atoms with Gasteiger partial charge in [-0.1, -0.05) is 13.8 Å². The van der Waals surface area contributed by atoms with Crippen LogP contribution < -0.4 is 5.73 Å². The SMILES string of the molecule is CCC(CC)(CN)C(=O)N1CCC(CCC(=O)O)C1. The Labute approximate surface area is 115 Å². The van der Waals surface area contributed by atoms with Gasteiger partial charge in [0.25, 0.3) is 0 Å². The van der Waals surface area contributed by atoms with Crippen molar-refractivity contribution in [3.63, 3.8) is 0 Å². The summed E-state index contributed by atoms with van der Waals surface area (Å²) >= 11 is 0. The summed E-state index contributed by atoms with van der Waals surface area (Å²) in [7, 11) is 0. The molecule has 1 fully saturated rings. The Morgan fingerprint density at radius 2 is 2.00 bits per heavy atom. The van der Waals surface area contributed by atoms with Gasteiger partial charge in [0.05, 0.1) is 5.41 Å². The number of carbonyl (C=O) groups excluding carboxylic acids is 1. The second kappa shape index (κ2) is 6.89. The molecule has 5 heteroatoms. The maximum absolute atomic E-state index is 12.6. The van der Waals surface area contributed by atoms with Crippen LogP contribution in [0.5, 0.6) is 0 Å². The third kappa shape index (κ3) is 3.69. The summed E-state index contributed by atoms with van der Waals surface area (Å²) in [6, 6.07) is 0. The molecule has 1 heterocycles. The van der Waals surface area contributed by atoms with Gasteiger partial charge in [0.15, 0.2) is 0 Å². The highest BCUT2D eigenvalue weighted by Gasteiger charge is 2.39. The zero-order valence-corrected chi connectivity index (χ0v) is 12.0. The molecule has 0 aromatic rings. The minimum Gasteiger partial charge on any atom is -0.481 e. The zero-order chi connectivity index (χ0) is 14.5. The number of carboxylic acids is 1. The van der Waals surface area contributed by atoms with E-state index in [1.165, 1.54) is 0 Å². The maximum atomic E-state index is 12.6. The number of aliphatic carboxylic acids is 1. The van der Waals surface area contributed by atoms with Crippen LogP contribution in [0, 0.1) is 11.3 Å². The molecule has 0 aliphatic carbocycles. The highest BCUT2D eigenvalue weighted by atomic mass is 16.4. The number of likely N-dealkylation sites (tertiary alicyclic amines) is 1. The molecule has 0 spiro atoms. The molecule has 1 atom stereocenters. The molecule has 1 rings (SSSR count). The molecular formula is C14H26N2O3. The van der Waals surface area contributed by atoms with Crippen molar-refractivity contribution in [1.29, 1.82) is 0 Å². The summed E-state index contributed by atoms with van der Waals surface area (Å²) in [6.45, 7) is 5.83. The van der Waals surface area contributed by atoms with E-state index in [4.69, 9.17) is 10.8 Å². The first-order valence-electron chi connectivity index (χ1n) is 7.20. The van der Waals surface area contributed by atoms with Crippen molar-refractivity contribution >= 4 is 11.9 Å². The van der Waals surface area contributed by atoms with Crippen molar-refractivity contribution in [3.8, 4) is 0 Å². The molecule has 0 aromatic carbocycles. The van der Waals surface area contributed by atoms with Crippen molar-refractivity contribution in [2.45, 2.75) is 46.0 Å². The Kier molecular flexibility index (Phi) is 5.79. The van der Waals surface area contributed by atoms with Crippen LogP contribution in [-0.2, 0) is 9.59 Å². The van der Waals surface area contributed by atoms with Crippen molar-refractivity contribution in [2.75, 3.05) is 19.6 Å². The van der Waals surface area contributed by atoms with Gasteiger partial charge >= 0.3 is 5.97 Å².